The first-order chi connectivity index (χ1) is 17.1. The van der Waals surface area contributed by atoms with Crippen molar-refractivity contribution in [3.05, 3.63) is 71.5 Å². The Hall–Kier alpha value is -3.58. The molecule has 4 aromatic heterocycles. The fraction of sp³-hybridized carbons (Fsp3) is 0.296. The third kappa shape index (κ3) is 4.10. The Labute approximate surface area is 208 Å². The van der Waals surface area contributed by atoms with Crippen LogP contribution in [0, 0.1) is 12.8 Å². The number of H-pyrrole nitrogens is 1. The van der Waals surface area contributed by atoms with E-state index in [-0.39, 0.29) is 0 Å². The number of benzene rings is 1. The molecule has 1 fully saturated rings. The zero-order valence-electron chi connectivity index (χ0n) is 19.6. The lowest BCUT2D eigenvalue weighted by atomic mass is 9.81. The van der Waals surface area contributed by atoms with E-state index >= 15 is 0 Å². The summed E-state index contributed by atoms with van der Waals surface area (Å²) in [4.78, 5) is 17.3. The molecule has 35 heavy (non-hydrogen) atoms. The van der Waals surface area contributed by atoms with Crippen LogP contribution in [0.4, 0.5) is 11.5 Å². The maximum atomic E-state index is 6.42. The summed E-state index contributed by atoms with van der Waals surface area (Å²) in [5, 5.41) is 5.30. The summed E-state index contributed by atoms with van der Waals surface area (Å²) in [5.41, 5.74) is 12.0. The number of hydrogen-bond donors (Lipinski definition) is 3. The number of imidazole rings is 1. The number of nitrogens with zero attached hydrogens (tertiary/aromatic N) is 4. The van der Waals surface area contributed by atoms with Gasteiger partial charge in [-0.2, -0.15) is 0 Å². The van der Waals surface area contributed by atoms with Gasteiger partial charge in [0.15, 0.2) is 0 Å². The Balaban J connectivity index is 1.25. The van der Waals surface area contributed by atoms with Gasteiger partial charge in [0.2, 0.25) is 0 Å². The zero-order chi connectivity index (χ0) is 23.9. The number of aryl methyl sites for hydroxylation is 1. The molecule has 1 saturated carbocycles. The molecule has 0 aliphatic heterocycles. The van der Waals surface area contributed by atoms with Gasteiger partial charge in [0.05, 0.1) is 28.1 Å². The van der Waals surface area contributed by atoms with E-state index in [9.17, 15) is 0 Å². The number of aromatic amines is 1. The van der Waals surface area contributed by atoms with Crippen molar-refractivity contribution in [3.8, 4) is 11.4 Å². The van der Waals surface area contributed by atoms with Crippen molar-refractivity contribution in [1.29, 1.82) is 0 Å². The molecular formula is C27H28ClN7. The number of para-hydroxylation sites is 1. The van der Waals surface area contributed by atoms with E-state index in [1.54, 1.807) is 6.20 Å². The second-order valence-corrected chi connectivity index (χ2v) is 9.93. The number of rotatable bonds is 5. The summed E-state index contributed by atoms with van der Waals surface area (Å²) in [6.45, 7) is 2.98. The predicted octanol–water partition coefficient (Wildman–Crippen LogP) is 6.20. The van der Waals surface area contributed by atoms with Crippen molar-refractivity contribution in [2.45, 2.75) is 38.5 Å². The molecule has 0 atom stereocenters. The van der Waals surface area contributed by atoms with Crippen LogP contribution in [-0.4, -0.2) is 30.9 Å². The maximum absolute atomic E-state index is 6.42. The minimum absolute atomic E-state index is 0.378. The largest absolute Gasteiger partial charge is 0.384 e. The van der Waals surface area contributed by atoms with Crippen molar-refractivity contribution >= 4 is 39.5 Å². The summed E-state index contributed by atoms with van der Waals surface area (Å²) in [7, 11) is 0. The molecule has 0 radical (unpaired) electrons. The number of hydrogen-bond acceptors (Lipinski definition) is 5. The molecule has 1 aliphatic carbocycles. The SMILES string of the molecule is Cc1ccc(NC[C@H]2CC[C@H](c3nc(-c4cc5cccc(Cl)c5[nH]4)c4c(N)nccn43)CC2)cn1. The highest BCUT2D eigenvalue weighted by atomic mass is 35.5. The lowest BCUT2D eigenvalue weighted by Crippen LogP contribution is -2.21. The van der Waals surface area contributed by atoms with Gasteiger partial charge in [-0.25, -0.2) is 9.97 Å². The van der Waals surface area contributed by atoms with Crippen LogP contribution >= 0.6 is 11.6 Å². The van der Waals surface area contributed by atoms with E-state index in [1.165, 1.54) is 0 Å². The number of halogens is 1. The molecule has 5 aromatic rings. The highest BCUT2D eigenvalue weighted by Crippen LogP contribution is 2.39. The average molecular weight is 486 g/mol. The van der Waals surface area contributed by atoms with Crippen LogP contribution in [-0.2, 0) is 0 Å². The van der Waals surface area contributed by atoms with E-state index in [1.807, 2.05) is 43.6 Å². The lowest BCUT2D eigenvalue weighted by Gasteiger charge is -2.28. The van der Waals surface area contributed by atoms with Crippen LogP contribution in [0.25, 0.3) is 27.8 Å². The Bertz CT molecular complexity index is 1490. The van der Waals surface area contributed by atoms with Gasteiger partial charge in [-0.3, -0.25) is 9.38 Å². The summed E-state index contributed by atoms with van der Waals surface area (Å²) < 4.78 is 2.13. The maximum Gasteiger partial charge on any atom is 0.150 e. The van der Waals surface area contributed by atoms with Crippen LogP contribution in [0.5, 0.6) is 0 Å². The summed E-state index contributed by atoms with van der Waals surface area (Å²) in [6.07, 6.45) is 10.1. The van der Waals surface area contributed by atoms with Gasteiger partial charge in [-0.05, 0) is 62.8 Å². The standard InChI is InChI=1S/C27H28ClN7/c1-16-5-10-20(15-31-16)32-14-17-6-8-18(9-7-17)27-34-24(25-26(29)30-11-12-35(25)27)22-13-19-3-2-4-21(28)23(19)33-22/h2-5,10-13,15,17-18,32-33H,6-9,14H2,1H3,(H2,29,30)/t17-,18-. The molecule has 7 nitrogen and oxygen atoms in total. The predicted molar refractivity (Wildman–Crippen MR) is 142 cm³/mol. The number of nitrogen functional groups attached to an aromatic ring is 1. The number of anilines is 2. The van der Waals surface area contributed by atoms with Crippen LogP contribution in [0.2, 0.25) is 5.02 Å². The van der Waals surface area contributed by atoms with Crippen molar-refractivity contribution in [2.75, 3.05) is 17.6 Å². The third-order valence-corrected chi connectivity index (χ3v) is 7.50. The van der Waals surface area contributed by atoms with Crippen molar-refractivity contribution in [2.24, 2.45) is 5.92 Å². The Morgan fingerprint density at radius 1 is 1.14 bits per heavy atom. The Kier molecular flexibility index (Phi) is 5.57. The van der Waals surface area contributed by atoms with Gasteiger partial charge < -0.3 is 16.0 Å². The van der Waals surface area contributed by atoms with Gasteiger partial charge in [-0.15, -0.1) is 0 Å². The summed E-state index contributed by atoms with van der Waals surface area (Å²) in [5.74, 6) is 2.56. The number of nitrogens with two attached hydrogens (primary N) is 1. The smallest absolute Gasteiger partial charge is 0.150 e. The normalized spacial score (nSPS) is 18.3. The van der Waals surface area contributed by atoms with Crippen LogP contribution in [0.3, 0.4) is 0 Å². The Morgan fingerprint density at radius 3 is 2.77 bits per heavy atom. The first-order valence-corrected chi connectivity index (χ1v) is 12.5. The quantitative estimate of drug-likeness (QED) is 0.275. The number of nitrogens with one attached hydrogen (secondary N) is 2. The number of fused-ring (bicyclic) bond motifs is 2. The van der Waals surface area contributed by atoms with Gasteiger partial charge >= 0.3 is 0 Å². The molecule has 4 heterocycles. The number of pyridine rings is 1. The molecule has 4 N–H and O–H groups in total. The molecule has 0 saturated heterocycles. The average Bonchev–Trinajstić information content (AvgIpc) is 3.48. The minimum atomic E-state index is 0.378. The molecule has 1 aliphatic rings. The molecule has 6 rings (SSSR count). The molecular weight excluding hydrogens is 458 g/mol. The zero-order valence-corrected chi connectivity index (χ0v) is 20.4. The van der Waals surface area contributed by atoms with Crippen molar-refractivity contribution in [3.63, 3.8) is 0 Å². The van der Waals surface area contributed by atoms with Gasteiger partial charge in [-0.1, -0.05) is 23.7 Å². The van der Waals surface area contributed by atoms with Crippen molar-refractivity contribution in [1.82, 2.24) is 24.3 Å². The minimum Gasteiger partial charge on any atom is -0.384 e. The van der Waals surface area contributed by atoms with Crippen LogP contribution in [0.15, 0.2) is 55.0 Å². The van der Waals surface area contributed by atoms with Gasteiger partial charge in [0.25, 0.3) is 0 Å². The summed E-state index contributed by atoms with van der Waals surface area (Å²) in [6, 6.07) is 12.1. The highest BCUT2D eigenvalue weighted by Gasteiger charge is 2.28. The topological polar surface area (TPSA) is 96.9 Å². The second-order valence-electron chi connectivity index (χ2n) is 9.52. The highest BCUT2D eigenvalue weighted by molar-refractivity contribution is 6.35. The van der Waals surface area contributed by atoms with E-state index in [2.05, 4.69) is 36.8 Å². The lowest BCUT2D eigenvalue weighted by molar-refractivity contribution is 0.330. The van der Waals surface area contributed by atoms with Crippen molar-refractivity contribution < 1.29 is 0 Å². The summed E-state index contributed by atoms with van der Waals surface area (Å²) >= 11 is 6.42. The molecule has 0 unspecified atom stereocenters. The fourth-order valence-electron chi connectivity index (χ4n) is 5.27. The van der Waals surface area contributed by atoms with E-state index in [0.29, 0.717) is 22.7 Å². The molecule has 1 aromatic carbocycles. The monoisotopic (exact) mass is 485 g/mol. The van der Waals surface area contributed by atoms with Crippen LogP contribution < -0.4 is 11.1 Å². The van der Waals surface area contributed by atoms with E-state index in [0.717, 1.165) is 77.2 Å². The first kappa shape index (κ1) is 21.9. The first-order valence-electron chi connectivity index (χ1n) is 12.1. The Morgan fingerprint density at radius 2 is 2.00 bits per heavy atom. The molecule has 8 heteroatoms. The third-order valence-electron chi connectivity index (χ3n) is 7.19. The number of aromatic nitrogens is 5. The van der Waals surface area contributed by atoms with Crippen LogP contribution in [0.1, 0.15) is 43.1 Å². The second kappa shape index (κ2) is 8.89. The van der Waals surface area contributed by atoms with Gasteiger partial charge in [0, 0.05) is 35.9 Å². The molecule has 178 valence electrons. The van der Waals surface area contributed by atoms with E-state index in [4.69, 9.17) is 22.3 Å². The molecule has 0 bridgehead atoms. The van der Waals surface area contributed by atoms with Gasteiger partial charge in [0.1, 0.15) is 22.9 Å². The fourth-order valence-corrected chi connectivity index (χ4v) is 5.50. The molecule has 0 spiro atoms. The molecule has 0 amide bonds. The van der Waals surface area contributed by atoms with E-state index < -0.39 is 0 Å².